The van der Waals surface area contributed by atoms with Gasteiger partial charge in [-0.25, -0.2) is 0 Å². The lowest BCUT2D eigenvalue weighted by atomic mass is 9.94. The number of benzene rings is 1. The topological polar surface area (TPSA) is 71.2 Å². The molecule has 1 aliphatic rings. The number of nitrogens with zero attached hydrogens (tertiary/aromatic N) is 4. The average Bonchev–Trinajstić information content (AvgIpc) is 3.18. The van der Waals surface area contributed by atoms with Gasteiger partial charge in [-0.1, -0.05) is 29.8 Å². The quantitative estimate of drug-likeness (QED) is 0.682. The van der Waals surface area contributed by atoms with Crippen LogP contribution in [0.25, 0.3) is 11.1 Å². The standard InChI is InChI=1S/C24H28N4O2/c1-18-5-4-6-19(15-18)16-23(30)28-12-3-2-7-22(28)24-21(17-27(26-24)13-14-29)20-8-10-25-11-9-20/h4-6,8-11,15,17,22,29H,2-3,7,12-14,16H2,1H3/t22-/m1/s1. The minimum absolute atomic E-state index is 0.0254. The third kappa shape index (κ3) is 4.44. The Morgan fingerprint density at radius 1 is 1.20 bits per heavy atom. The number of pyridine rings is 1. The number of aliphatic hydroxyl groups excluding tert-OH is 1. The van der Waals surface area contributed by atoms with Crippen LogP contribution in [-0.4, -0.2) is 43.8 Å². The number of likely N-dealkylation sites (tertiary alicyclic amines) is 1. The Balaban J connectivity index is 1.66. The molecule has 156 valence electrons. The van der Waals surface area contributed by atoms with Gasteiger partial charge >= 0.3 is 0 Å². The zero-order valence-electron chi connectivity index (χ0n) is 17.4. The number of hydrogen-bond donors (Lipinski definition) is 1. The summed E-state index contributed by atoms with van der Waals surface area (Å²) in [4.78, 5) is 19.4. The maximum Gasteiger partial charge on any atom is 0.227 e. The van der Waals surface area contributed by atoms with E-state index < -0.39 is 0 Å². The van der Waals surface area contributed by atoms with Crippen LogP contribution in [0.15, 0.2) is 55.0 Å². The minimum Gasteiger partial charge on any atom is -0.394 e. The highest BCUT2D eigenvalue weighted by Crippen LogP contribution is 2.36. The van der Waals surface area contributed by atoms with Gasteiger partial charge in [-0.3, -0.25) is 14.5 Å². The summed E-state index contributed by atoms with van der Waals surface area (Å²) in [7, 11) is 0. The summed E-state index contributed by atoms with van der Waals surface area (Å²) in [6.45, 7) is 3.25. The van der Waals surface area contributed by atoms with Crippen molar-refractivity contribution in [2.24, 2.45) is 0 Å². The smallest absolute Gasteiger partial charge is 0.227 e. The van der Waals surface area contributed by atoms with E-state index in [0.29, 0.717) is 13.0 Å². The van der Waals surface area contributed by atoms with E-state index in [-0.39, 0.29) is 18.6 Å². The fraction of sp³-hybridized carbons (Fsp3) is 0.375. The summed E-state index contributed by atoms with van der Waals surface area (Å²) in [5.74, 6) is 0.141. The molecule has 0 spiro atoms. The molecule has 4 rings (SSSR count). The Bertz CT molecular complexity index is 999. The number of carbonyl (C=O) groups excluding carboxylic acids is 1. The van der Waals surface area contributed by atoms with E-state index in [1.807, 2.05) is 48.4 Å². The molecule has 0 unspecified atom stereocenters. The van der Waals surface area contributed by atoms with Crippen molar-refractivity contribution in [2.75, 3.05) is 13.2 Å². The van der Waals surface area contributed by atoms with Crippen molar-refractivity contribution in [3.8, 4) is 11.1 Å². The molecule has 3 heterocycles. The van der Waals surface area contributed by atoms with Crippen molar-refractivity contribution in [3.05, 3.63) is 71.8 Å². The Hall–Kier alpha value is -2.99. The largest absolute Gasteiger partial charge is 0.394 e. The Kier molecular flexibility index (Phi) is 6.23. The molecule has 0 aliphatic carbocycles. The zero-order valence-corrected chi connectivity index (χ0v) is 17.4. The molecule has 1 fully saturated rings. The van der Waals surface area contributed by atoms with Crippen LogP contribution in [-0.2, 0) is 17.8 Å². The van der Waals surface area contributed by atoms with Gasteiger partial charge in [-0.05, 0) is 49.4 Å². The molecule has 1 N–H and O–H groups in total. The van der Waals surface area contributed by atoms with Crippen molar-refractivity contribution in [1.82, 2.24) is 19.7 Å². The molecule has 30 heavy (non-hydrogen) atoms. The number of rotatable bonds is 6. The van der Waals surface area contributed by atoms with E-state index in [1.165, 1.54) is 5.56 Å². The molecule has 1 atom stereocenters. The first-order valence-corrected chi connectivity index (χ1v) is 10.6. The summed E-state index contributed by atoms with van der Waals surface area (Å²) < 4.78 is 1.78. The van der Waals surface area contributed by atoms with Gasteiger partial charge < -0.3 is 10.0 Å². The molecular formula is C24H28N4O2. The van der Waals surface area contributed by atoms with Crippen LogP contribution in [0.1, 0.15) is 42.1 Å². The SMILES string of the molecule is Cc1cccc(CC(=O)N2CCCC[C@@H]2c2nn(CCO)cc2-c2ccncc2)c1. The average molecular weight is 405 g/mol. The first-order valence-electron chi connectivity index (χ1n) is 10.6. The predicted molar refractivity (Wildman–Crippen MR) is 116 cm³/mol. The second kappa shape index (κ2) is 9.22. The van der Waals surface area contributed by atoms with Crippen molar-refractivity contribution >= 4 is 5.91 Å². The molecule has 6 heteroatoms. The van der Waals surface area contributed by atoms with Crippen LogP contribution in [0.4, 0.5) is 0 Å². The van der Waals surface area contributed by atoms with E-state index in [1.54, 1.807) is 17.1 Å². The van der Waals surface area contributed by atoms with E-state index in [0.717, 1.165) is 48.2 Å². The lowest BCUT2D eigenvalue weighted by Crippen LogP contribution is -2.39. The van der Waals surface area contributed by atoms with Gasteiger partial charge in [0.1, 0.15) is 0 Å². The summed E-state index contributed by atoms with van der Waals surface area (Å²) in [5.41, 5.74) is 5.15. The van der Waals surface area contributed by atoms with Crippen molar-refractivity contribution in [1.29, 1.82) is 0 Å². The molecule has 1 saturated heterocycles. The molecule has 0 saturated carbocycles. The summed E-state index contributed by atoms with van der Waals surface area (Å²) >= 11 is 0. The molecule has 3 aromatic rings. The number of piperidine rings is 1. The number of hydrogen-bond acceptors (Lipinski definition) is 4. The van der Waals surface area contributed by atoms with Gasteiger partial charge in [0.25, 0.3) is 0 Å². The number of aryl methyl sites for hydroxylation is 1. The summed E-state index contributed by atoms with van der Waals surface area (Å²) in [5, 5.41) is 14.2. The van der Waals surface area contributed by atoms with E-state index in [4.69, 9.17) is 5.10 Å². The molecule has 6 nitrogen and oxygen atoms in total. The van der Waals surface area contributed by atoms with E-state index >= 15 is 0 Å². The first kappa shape index (κ1) is 20.3. The van der Waals surface area contributed by atoms with Gasteiger partial charge in [0.05, 0.1) is 31.3 Å². The zero-order chi connectivity index (χ0) is 20.9. The second-order valence-corrected chi connectivity index (χ2v) is 7.92. The van der Waals surface area contributed by atoms with Crippen molar-refractivity contribution in [2.45, 2.75) is 45.2 Å². The number of aliphatic hydroxyl groups is 1. The predicted octanol–water partition coefficient (Wildman–Crippen LogP) is 3.54. The first-order chi connectivity index (χ1) is 14.7. The van der Waals surface area contributed by atoms with Gasteiger partial charge in [-0.2, -0.15) is 5.10 Å². The van der Waals surface area contributed by atoms with Crippen LogP contribution < -0.4 is 0 Å². The number of aromatic nitrogens is 3. The Morgan fingerprint density at radius 3 is 2.80 bits per heavy atom. The third-order valence-electron chi connectivity index (χ3n) is 5.69. The van der Waals surface area contributed by atoms with Crippen LogP contribution in [0.5, 0.6) is 0 Å². The number of amides is 1. The number of carbonyl (C=O) groups is 1. The molecule has 1 amide bonds. The van der Waals surface area contributed by atoms with Gasteiger partial charge in [0, 0.05) is 30.7 Å². The van der Waals surface area contributed by atoms with Crippen LogP contribution in [0.2, 0.25) is 0 Å². The lowest BCUT2D eigenvalue weighted by Gasteiger charge is -2.35. The molecule has 0 radical (unpaired) electrons. The molecule has 1 aliphatic heterocycles. The van der Waals surface area contributed by atoms with E-state index in [9.17, 15) is 9.90 Å². The highest BCUT2D eigenvalue weighted by atomic mass is 16.3. The highest BCUT2D eigenvalue weighted by molar-refractivity contribution is 5.80. The van der Waals surface area contributed by atoms with Gasteiger partial charge in [0.2, 0.25) is 5.91 Å². The second-order valence-electron chi connectivity index (χ2n) is 7.92. The van der Waals surface area contributed by atoms with Crippen LogP contribution in [0, 0.1) is 6.92 Å². The molecule has 0 bridgehead atoms. The Morgan fingerprint density at radius 2 is 2.03 bits per heavy atom. The summed E-state index contributed by atoms with van der Waals surface area (Å²) in [6, 6.07) is 12.0. The fourth-order valence-corrected chi connectivity index (χ4v) is 4.27. The van der Waals surface area contributed by atoms with Crippen molar-refractivity contribution in [3.63, 3.8) is 0 Å². The highest BCUT2D eigenvalue weighted by Gasteiger charge is 2.32. The molecule has 2 aromatic heterocycles. The maximum atomic E-state index is 13.3. The maximum absolute atomic E-state index is 13.3. The molecular weight excluding hydrogens is 376 g/mol. The van der Waals surface area contributed by atoms with E-state index in [2.05, 4.69) is 11.1 Å². The minimum atomic E-state index is -0.0563. The van der Waals surface area contributed by atoms with Gasteiger partial charge in [0.15, 0.2) is 0 Å². The van der Waals surface area contributed by atoms with Crippen LogP contribution >= 0.6 is 0 Å². The fourth-order valence-electron chi connectivity index (χ4n) is 4.27. The van der Waals surface area contributed by atoms with Gasteiger partial charge in [-0.15, -0.1) is 0 Å². The summed E-state index contributed by atoms with van der Waals surface area (Å²) in [6.07, 6.45) is 8.89. The van der Waals surface area contributed by atoms with Crippen molar-refractivity contribution < 1.29 is 9.90 Å². The monoisotopic (exact) mass is 404 g/mol. The normalized spacial score (nSPS) is 16.6. The third-order valence-corrected chi connectivity index (χ3v) is 5.69. The Labute approximate surface area is 177 Å². The van der Waals surface area contributed by atoms with Crippen LogP contribution in [0.3, 0.4) is 0 Å². The molecule has 1 aromatic carbocycles. The lowest BCUT2D eigenvalue weighted by molar-refractivity contribution is -0.134.